The van der Waals surface area contributed by atoms with E-state index in [1.807, 2.05) is 0 Å². The van der Waals surface area contributed by atoms with Crippen molar-refractivity contribution < 1.29 is 4.74 Å². The lowest BCUT2D eigenvalue weighted by Gasteiger charge is -2.30. The van der Waals surface area contributed by atoms with Gasteiger partial charge in [-0.15, -0.1) is 24.0 Å². The molecule has 0 spiro atoms. The third-order valence-electron chi connectivity index (χ3n) is 4.93. The van der Waals surface area contributed by atoms with E-state index in [2.05, 4.69) is 34.4 Å². The topological polar surface area (TPSA) is 48.9 Å². The molecule has 0 aromatic heterocycles. The Morgan fingerprint density at radius 3 is 2.56 bits per heavy atom. The highest BCUT2D eigenvalue weighted by atomic mass is 127. The second-order valence-electron chi connectivity index (χ2n) is 7.44. The zero-order valence-electron chi connectivity index (χ0n) is 16.3. The van der Waals surface area contributed by atoms with Crippen molar-refractivity contribution in [2.45, 2.75) is 52.4 Å². The molecule has 0 aromatic rings. The van der Waals surface area contributed by atoms with E-state index >= 15 is 0 Å². The molecule has 1 saturated carbocycles. The number of rotatable bonds is 11. The van der Waals surface area contributed by atoms with E-state index in [4.69, 9.17) is 4.74 Å². The van der Waals surface area contributed by atoms with Gasteiger partial charge in [-0.3, -0.25) is 4.99 Å². The minimum atomic E-state index is 0. The van der Waals surface area contributed by atoms with Crippen LogP contribution in [0.1, 0.15) is 52.4 Å². The fraction of sp³-hybridized carbons (Fsp3) is 0.947. The molecule has 0 atom stereocenters. The van der Waals surface area contributed by atoms with Crippen LogP contribution in [0.2, 0.25) is 0 Å². The lowest BCUT2D eigenvalue weighted by atomic mass is 9.99. The van der Waals surface area contributed by atoms with Crippen LogP contribution in [0.25, 0.3) is 0 Å². The molecule has 2 N–H and O–H groups in total. The summed E-state index contributed by atoms with van der Waals surface area (Å²) >= 11 is 0. The van der Waals surface area contributed by atoms with Gasteiger partial charge < -0.3 is 20.3 Å². The van der Waals surface area contributed by atoms with Crippen LogP contribution in [0.4, 0.5) is 0 Å². The molecule has 1 heterocycles. The summed E-state index contributed by atoms with van der Waals surface area (Å²) in [5.41, 5.74) is 0. The molecule has 25 heavy (non-hydrogen) atoms. The van der Waals surface area contributed by atoms with Gasteiger partial charge in [0, 0.05) is 32.8 Å². The van der Waals surface area contributed by atoms with Gasteiger partial charge in [0.25, 0.3) is 0 Å². The number of guanidine groups is 1. The van der Waals surface area contributed by atoms with Gasteiger partial charge in [0.2, 0.25) is 0 Å². The molecule has 1 saturated heterocycles. The molecule has 1 aliphatic heterocycles. The standard InChI is InChI=1S/C19H38N4O.HI/c1-3-20-19(22-11-5-15-24-16-18-6-7-18)21-10-4-12-23-13-8-17(2)9-14-23;/h17-18H,3-16H2,1-2H3,(H2,20,21,22);1H. The minimum absolute atomic E-state index is 0. The third kappa shape index (κ3) is 11.3. The van der Waals surface area contributed by atoms with Gasteiger partial charge >= 0.3 is 0 Å². The van der Waals surface area contributed by atoms with Gasteiger partial charge in [-0.25, -0.2) is 0 Å². The number of aliphatic imine (C=N–C) groups is 1. The quantitative estimate of drug-likeness (QED) is 0.213. The normalized spacial score (nSPS) is 19.5. The van der Waals surface area contributed by atoms with Crippen molar-refractivity contribution in [1.29, 1.82) is 0 Å². The zero-order valence-corrected chi connectivity index (χ0v) is 18.6. The maximum absolute atomic E-state index is 5.66. The summed E-state index contributed by atoms with van der Waals surface area (Å²) in [5.74, 6) is 2.72. The Kier molecular flexibility index (Phi) is 12.9. The molecule has 0 unspecified atom stereocenters. The first-order valence-electron chi connectivity index (χ1n) is 10.1. The van der Waals surface area contributed by atoms with Crippen LogP contribution in [0.3, 0.4) is 0 Å². The van der Waals surface area contributed by atoms with Crippen LogP contribution in [0.5, 0.6) is 0 Å². The second kappa shape index (κ2) is 14.0. The van der Waals surface area contributed by atoms with E-state index in [9.17, 15) is 0 Å². The van der Waals surface area contributed by atoms with E-state index in [1.54, 1.807) is 0 Å². The average Bonchev–Trinajstić information content (AvgIpc) is 3.40. The van der Waals surface area contributed by atoms with Crippen molar-refractivity contribution >= 4 is 29.9 Å². The van der Waals surface area contributed by atoms with E-state index in [0.29, 0.717) is 0 Å². The zero-order chi connectivity index (χ0) is 17.0. The van der Waals surface area contributed by atoms with E-state index in [0.717, 1.165) is 57.1 Å². The number of halogens is 1. The molecule has 148 valence electrons. The summed E-state index contributed by atoms with van der Waals surface area (Å²) in [4.78, 5) is 7.24. The summed E-state index contributed by atoms with van der Waals surface area (Å²) in [6, 6.07) is 0. The lowest BCUT2D eigenvalue weighted by molar-refractivity contribution is 0.123. The largest absolute Gasteiger partial charge is 0.381 e. The summed E-state index contributed by atoms with van der Waals surface area (Å²) in [5, 5.41) is 6.79. The molecule has 0 aromatic carbocycles. The maximum Gasteiger partial charge on any atom is 0.191 e. The van der Waals surface area contributed by atoms with Crippen LogP contribution in [-0.2, 0) is 4.74 Å². The number of hydrogen-bond acceptors (Lipinski definition) is 3. The Labute approximate surface area is 171 Å². The molecule has 1 aliphatic carbocycles. The molecule has 0 amide bonds. The van der Waals surface area contributed by atoms with E-state index in [1.165, 1.54) is 51.7 Å². The van der Waals surface area contributed by atoms with Gasteiger partial charge in [-0.2, -0.15) is 0 Å². The first-order chi connectivity index (χ1) is 11.8. The molecular formula is C19H39IN4O. The molecule has 0 bridgehead atoms. The summed E-state index contributed by atoms with van der Waals surface area (Å²) in [6.45, 7) is 12.8. The van der Waals surface area contributed by atoms with Crippen molar-refractivity contribution in [1.82, 2.24) is 15.5 Å². The predicted molar refractivity (Wildman–Crippen MR) is 117 cm³/mol. The van der Waals surface area contributed by atoms with Gasteiger partial charge in [-0.1, -0.05) is 6.92 Å². The van der Waals surface area contributed by atoms with E-state index in [-0.39, 0.29) is 24.0 Å². The Morgan fingerprint density at radius 2 is 1.88 bits per heavy atom. The summed E-state index contributed by atoms with van der Waals surface area (Å²) in [6.07, 6.45) is 7.64. The molecule has 5 nitrogen and oxygen atoms in total. The SMILES string of the molecule is CCNC(=NCCCOCC1CC1)NCCCN1CCC(C)CC1.I. The Bertz CT molecular complexity index is 355. The highest BCUT2D eigenvalue weighted by Crippen LogP contribution is 2.28. The van der Waals surface area contributed by atoms with Gasteiger partial charge in [0.1, 0.15) is 0 Å². The molecule has 6 heteroatoms. The van der Waals surface area contributed by atoms with Crippen molar-refractivity contribution in [3.05, 3.63) is 0 Å². The smallest absolute Gasteiger partial charge is 0.191 e. The van der Waals surface area contributed by atoms with Crippen LogP contribution >= 0.6 is 24.0 Å². The summed E-state index contributed by atoms with van der Waals surface area (Å²) in [7, 11) is 0. The first kappa shape index (κ1) is 23.0. The molecule has 2 aliphatic rings. The van der Waals surface area contributed by atoms with Gasteiger partial charge in [0.15, 0.2) is 5.96 Å². The van der Waals surface area contributed by atoms with Crippen molar-refractivity contribution in [2.24, 2.45) is 16.8 Å². The molecule has 0 radical (unpaired) electrons. The Morgan fingerprint density at radius 1 is 1.12 bits per heavy atom. The number of nitrogens with one attached hydrogen (secondary N) is 2. The lowest BCUT2D eigenvalue weighted by Crippen LogP contribution is -2.39. The van der Waals surface area contributed by atoms with Gasteiger partial charge in [0.05, 0.1) is 0 Å². The minimum Gasteiger partial charge on any atom is -0.381 e. The number of piperidine rings is 1. The Hall–Kier alpha value is -0.0800. The number of likely N-dealkylation sites (tertiary alicyclic amines) is 1. The maximum atomic E-state index is 5.66. The van der Waals surface area contributed by atoms with E-state index < -0.39 is 0 Å². The van der Waals surface area contributed by atoms with Gasteiger partial charge in [-0.05, 0) is 76.9 Å². The van der Waals surface area contributed by atoms with Crippen molar-refractivity contribution in [3.63, 3.8) is 0 Å². The summed E-state index contributed by atoms with van der Waals surface area (Å²) < 4.78 is 5.66. The number of hydrogen-bond donors (Lipinski definition) is 2. The third-order valence-corrected chi connectivity index (χ3v) is 4.93. The Balaban J connectivity index is 0.00000312. The van der Waals surface area contributed by atoms with Crippen molar-refractivity contribution in [3.8, 4) is 0 Å². The van der Waals surface area contributed by atoms with Crippen LogP contribution in [-0.4, -0.2) is 63.3 Å². The molecule has 2 fully saturated rings. The fourth-order valence-electron chi connectivity index (χ4n) is 3.03. The monoisotopic (exact) mass is 466 g/mol. The van der Waals surface area contributed by atoms with Crippen LogP contribution < -0.4 is 10.6 Å². The fourth-order valence-corrected chi connectivity index (χ4v) is 3.03. The number of ether oxygens (including phenoxy) is 1. The van der Waals surface area contributed by atoms with Crippen molar-refractivity contribution in [2.75, 3.05) is 52.5 Å². The average molecular weight is 466 g/mol. The van der Waals surface area contributed by atoms with Crippen LogP contribution in [0.15, 0.2) is 4.99 Å². The number of nitrogens with zero attached hydrogens (tertiary/aromatic N) is 2. The predicted octanol–water partition coefficient (Wildman–Crippen LogP) is 3.10. The van der Waals surface area contributed by atoms with Crippen LogP contribution in [0, 0.1) is 11.8 Å². The first-order valence-corrected chi connectivity index (χ1v) is 10.1. The second-order valence-corrected chi connectivity index (χ2v) is 7.44. The highest BCUT2D eigenvalue weighted by Gasteiger charge is 2.20. The molecule has 2 rings (SSSR count). The highest BCUT2D eigenvalue weighted by molar-refractivity contribution is 14.0. The molecular weight excluding hydrogens is 427 g/mol.